The number of carbonyl (C=O) groups excluding carboxylic acids is 2. The second-order valence-electron chi connectivity index (χ2n) is 9.83. The molecule has 3 heterocycles. The van der Waals surface area contributed by atoms with Crippen LogP contribution in [0.2, 0.25) is 0 Å². The summed E-state index contributed by atoms with van der Waals surface area (Å²) in [5.41, 5.74) is -0.00503. The molecule has 3 fully saturated rings. The third-order valence-corrected chi connectivity index (χ3v) is 6.32. The number of rotatable bonds is 2. The first-order chi connectivity index (χ1) is 13.7. The summed E-state index contributed by atoms with van der Waals surface area (Å²) in [6.07, 6.45) is 6.71. The first-order valence-electron chi connectivity index (χ1n) is 10.9. The SMILES string of the molecule is Cc1cc(N2CC3(CCCCC3)OC2=O)nc([C@@H]2CCCN2C(=O)C(C)(C)C)n1. The van der Waals surface area contributed by atoms with Crippen LogP contribution in [0.25, 0.3) is 0 Å². The molecule has 1 aromatic heterocycles. The van der Waals surface area contributed by atoms with Gasteiger partial charge in [0.25, 0.3) is 0 Å². The van der Waals surface area contributed by atoms with Gasteiger partial charge in [0.2, 0.25) is 5.91 Å². The van der Waals surface area contributed by atoms with E-state index in [-0.39, 0.29) is 23.6 Å². The average molecular weight is 401 g/mol. The number of likely N-dealkylation sites (tertiary alicyclic amines) is 1. The van der Waals surface area contributed by atoms with Gasteiger partial charge in [0.05, 0.1) is 12.6 Å². The van der Waals surface area contributed by atoms with Gasteiger partial charge in [-0.05, 0) is 45.4 Å². The van der Waals surface area contributed by atoms with Crippen molar-refractivity contribution < 1.29 is 14.3 Å². The first kappa shape index (κ1) is 20.1. The summed E-state index contributed by atoms with van der Waals surface area (Å²) in [6, 6.07) is 1.71. The van der Waals surface area contributed by atoms with Gasteiger partial charge < -0.3 is 9.64 Å². The summed E-state index contributed by atoms with van der Waals surface area (Å²) in [7, 11) is 0. The van der Waals surface area contributed by atoms with E-state index in [2.05, 4.69) is 4.98 Å². The van der Waals surface area contributed by atoms with Gasteiger partial charge in [-0.3, -0.25) is 9.69 Å². The number of amides is 2. The van der Waals surface area contributed by atoms with Crippen molar-refractivity contribution in [3.63, 3.8) is 0 Å². The lowest BCUT2D eigenvalue weighted by Gasteiger charge is -2.31. The summed E-state index contributed by atoms with van der Waals surface area (Å²) in [6.45, 7) is 9.02. The molecule has 1 spiro atoms. The average Bonchev–Trinajstić information content (AvgIpc) is 3.25. The van der Waals surface area contributed by atoms with Crippen molar-refractivity contribution in [1.29, 1.82) is 0 Å². The Balaban J connectivity index is 1.61. The van der Waals surface area contributed by atoms with Crippen LogP contribution in [-0.2, 0) is 9.53 Å². The molecule has 0 N–H and O–H groups in total. The highest BCUT2D eigenvalue weighted by molar-refractivity contribution is 5.89. The number of aryl methyl sites for hydroxylation is 1. The third-order valence-electron chi connectivity index (χ3n) is 6.32. The molecule has 0 aromatic carbocycles. The third kappa shape index (κ3) is 3.83. The number of carbonyl (C=O) groups is 2. The standard InChI is InChI=1S/C22H32N4O3/c1-15-13-17(26-14-22(29-20(26)28)10-6-5-7-11-22)24-18(23-15)16-9-8-12-25(16)19(27)21(2,3)4/h13,16H,5-12,14H2,1-4H3/t16-/m0/s1. The largest absolute Gasteiger partial charge is 0.441 e. The number of ether oxygens (including phenoxy) is 1. The molecule has 1 aliphatic carbocycles. The predicted octanol–water partition coefficient (Wildman–Crippen LogP) is 4.15. The Hall–Kier alpha value is -2.18. The molecule has 3 aliphatic rings. The Kier molecular flexibility index (Phi) is 5.03. The van der Waals surface area contributed by atoms with Gasteiger partial charge in [-0.2, -0.15) is 0 Å². The van der Waals surface area contributed by atoms with Crippen LogP contribution < -0.4 is 4.90 Å². The van der Waals surface area contributed by atoms with Crippen LogP contribution in [0.15, 0.2) is 6.07 Å². The summed E-state index contributed by atoms with van der Waals surface area (Å²) in [5, 5.41) is 0. The van der Waals surface area contributed by atoms with Gasteiger partial charge in [0.1, 0.15) is 11.4 Å². The number of hydrogen-bond donors (Lipinski definition) is 0. The van der Waals surface area contributed by atoms with Crippen molar-refractivity contribution in [2.24, 2.45) is 5.41 Å². The molecule has 1 aromatic rings. The van der Waals surface area contributed by atoms with E-state index in [9.17, 15) is 9.59 Å². The summed E-state index contributed by atoms with van der Waals surface area (Å²) < 4.78 is 5.83. The normalized spacial score (nSPS) is 24.3. The maximum atomic E-state index is 12.9. The van der Waals surface area contributed by atoms with Crippen molar-refractivity contribution in [3.8, 4) is 0 Å². The number of anilines is 1. The van der Waals surface area contributed by atoms with Crippen molar-refractivity contribution in [1.82, 2.24) is 14.9 Å². The minimum absolute atomic E-state index is 0.119. The second kappa shape index (κ2) is 7.26. The molecule has 0 unspecified atom stereocenters. The molecular formula is C22H32N4O3. The highest BCUT2D eigenvalue weighted by atomic mass is 16.6. The van der Waals surface area contributed by atoms with E-state index in [0.29, 0.717) is 18.2 Å². The van der Waals surface area contributed by atoms with E-state index < -0.39 is 5.41 Å². The van der Waals surface area contributed by atoms with Crippen molar-refractivity contribution in [2.45, 2.75) is 84.3 Å². The molecule has 7 nitrogen and oxygen atoms in total. The molecule has 29 heavy (non-hydrogen) atoms. The fraction of sp³-hybridized carbons (Fsp3) is 0.727. The van der Waals surface area contributed by atoms with Gasteiger partial charge in [0.15, 0.2) is 5.82 Å². The van der Waals surface area contributed by atoms with E-state index in [0.717, 1.165) is 50.8 Å². The number of nitrogens with zero attached hydrogens (tertiary/aromatic N) is 4. The molecule has 2 amide bonds. The van der Waals surface area contributed by atoms with Crippen LogP contribution in [0, 0.1) is 12.3 Å². The Labute approximate surface area is 172 Å². The topological polar surface area (TPSA) is 75.6 Å². The van der Waals surface area contributed by atoms with E-state index in [4.69, 9.17) is 9.72 Å². The Morgan fingerprint density at radius 1 is 1.17 bits per heavy atom. The molecule has 2 aliphatic heterocycles. The van der Waals surface area contributed by atoms with Gasteiger partial charge in [-0.1, -0.05) is 27.2 Å². The fourth-order valence-corrected chi connectivity index (χ4v) is 4.83. The Morgan fingerprint density at radius 2 is 1.90 bits per heavy atom. The zero-order valence-electron chi connectivity index (χ0n) is 18.0. The van der Waals surface area contributed by atoms with Crippen LogP contribution >= 0.6 is 0 Å². The summed E-state index contributed by atoms with van der Waals surface area (Å²) in [4.78, 5) is 38.6. The van der Waals surface area contributed by atoms with Crippen molar-refractivity contribution in [3.05, 3.63) is 17.6 Å². The van der Waals surface area contributed by atoms with Crippen LogP contribution in [0.4, 0.5) is 10.6 Å². The van der Waals surface area contributed by atoms with Crippen molar-refractivity contribution >= 4 is 17.8 Å². The van der Waals surface area contributed by atoms with E-state index in [1.807, 2.05) is 38.7 Å². The van der Waals surface area contributed by atoms with Crippen LogP contribution in [0.1, 0.15) is 83.3 Å². The zero-order chi connectivity index (χ0) is 20.8. The first-order valence-corrected chi connectivity index (χ1v) is 10.9. The number of aromatic nitrogens is 2. The molecular weight excluding hydrogens is 368 g/mol. The summed E-state index contributed by atoms with van der Waals surface area (Å²) in [5.74, 6) is 1.34. The highest BCUT2D eigenvalue weighted by Crippen LogP contribution is 2.39. The lowest BCUT2D eigenvalue weighted by Crippen LogP contribution is -2.39. The number of hydrogen-bond acceptors (Lipinski definition) is 5. The molecule has 2 saturated heterocycles. The van der Waals surface area contributed by atoms with Crippen LogP contribution in [-0.4, -0.2) is 45.6 Å². The van der Waals surface area contributed by atoms with Gasteiger partial charge in [-0.15, -0.1) is 0 Å². The molecule has 0 bridgehead atoms. The monoisotopic (exact) mass is 400 g/mol. The summed E-state index contributed by atoms with van der Waals surface area (Å²) >= 11 is 0. The minimum atomic E-state index is -0.443. The lowest BCUT2D eigenvalue weighted by atomic mass is 9.85. The molecule has 0 radical (unpaired) electrons. The maximum absolute atomic E-state index is 12.9. The van der Waals surface area contributed by atoms with Gasteiger partial charge >= 0.3 is 6.09 Å². The second-order valence-corrected chi connectivity index (χ2v) is 9.83. The quantitative estimate of drug-likeness (QED) is 0.745. The predicted molar refractivity (Wildman–Crippen MR) is 110 cm³/mol. The molecule has 7 heteroatoms. The van der Waals surface area contributed by atoms with E-state index in [1.165, 1.54) is 6.42 Å². The molecule has 1 atom stereocenters. The smallest absolute Gasteiger partial charge is 0.416 e. The minimum Gasteiger partial charge on any atom is -0.441 e. The Morgan fingerprint density at radius 3 is 2.59 bits per heavy atom. The van der Waals surface area contributed by atoms with Crippen LogP contribution in [0.5, 0.6) is 0 Å². The van der Waals surface area contributed by atoms with Crippen molar-refractivity contribution in [2.75, 3.05) is 18.0 Å². The maximum Gasteiger partial charge on any atom is 0.416 e. The molecule has 158 valence electrons. The van der Waals surface area contributed by atoms with Gasteiger partial charge in [-0.25, -0.2) is 14.8 Å². The van der Waals surface area contributed by atoms with Gasteiger partial charge in [0, 0.05) is 23.7 Å². The molecule has 1 saturated carbocycles. The zero-order valence-corrected chi connectivity index (χ0v) is 18.0. The lowest BCUT2D eigenvalue weighted by molar-refractivity contribution is -0.140. The van der Waals surface area contributed by atoms with E-state index in [1.54, 1.807) is 4.90 Å². The van der Waals surface area contributed by atoms with E-state index >= 15 is 0 Å². The fourth-order valence-electron chi connectivity index (χ4n) is 4.83. The van der Waals surface area contributed by atoms with Crippen LogP contribution in [0.3, 0.4) is 0 Å². The Bertz CT molecular complexity index is 811. The highest BCUT2D eigenvalue weighted by Gasteiger charge is 2.47. The molecule has 4 rings (SSSR count).